The number of rotatable bonds is 4. The second-order valence-corrected chi connectivity index (χ2v) is 4.18. The van der Waals surface area contributed by atoms with Gasteiger partial charge in [-0.15, -0.1) is 0 Å². The van der Waals surface area contributed by atoms with Crippen LogP contribution in [-0.4, -0.2) is 30.7 Å². The number of ether oxygens (including phenoxy) is 1. The maximum atomic E-state index is 5.66. The molecule has 2 rings (SSSR count). The molecule has 90 valence electrons. The lowest BCUT2D eigenvalue weighted by molar-refractivity contribution is -0.0155. The van der Waals surface area contributed by atoms with Crippen LogP contribution in [0.1, 0.15) is 24.7 Å². The van der Waals surface area contributed by atoms with Crippen LogP contribution in [-0.2, 0) is 17.8 Å². The van der Waals surface area contributed by atoms with E-state index in [0.29, 0.717) is 12.6 Å². The Morgan fingerprint density at radius 2 is 2.44 bits per heavy atom. The zero-order valence-corrected chi connectivity index (χ0v) is 9.82. The van der Waals surface area contributed by atoms with Gasteiger partial charge in [0.25, 0.3) is 0 Å². The van der Waals surface area contributed by atoms with Gasteiger partial charge in [0.1, 0.15) is 5.76 Å². The molecule has 1 unspecified atom stereocenters. The average Bonchev–Trinajstić information content (AvgIpc) is 2.77. The van der Waals surface area contributed by atoms with Crippen LogP contribution < -0.4 is 5.73 Å². The Bertz CT molecular complexity index is 325. The second kappa shape index (κ2) is 5.48. The summed E-state index contributed by atoms with van der Waals surface area (Å²) in [7, 11) is 0. The second-order valence-electron chi connectivity index (χ2n) is 4.18. The van der Waals surface area contributed by atoms with Crippen molar-refractivity contribution >= 4 is 0 Å². The van der Waals surface area contributed by atoms with Crippen LogP contribution in [0.5, 0.6) is 0 Å². The van der Waals surface area contributed by atoms with Gasteiger partial charge < -0.3 is 14.9 Å². The van der Waals surface area contributed by atoms with E-state index in [-0.39, 0.29) is 0 Å². The van der Waals surface area contributed by atoms with Crippen LogP contribution in [0.2, 0.25) is 0 Å². The molecule has 1 aliphatic rings. The van der Waals surface area contributed by atoms with Gasteiger partial charge >= 0.3 is 0 Å². The molecular formula is C12H20N2O2. The van der Waals surface area contributed by atoms with Crippen molar-refractivity contribution in [2.45, 2.75) is 32.5 Å². The lowest BCUT2D eigenvalue weighted by atomic mass is 10.1. The van der Waals surface area contributed by atoms with Crippen molar-refractivity contribution in [1.82, 2.24) is 4.90 Å². The first kappa shape index (κ1) is 11.6. The first-order valence-corrected chi connectivity index (χ1v) is 5.92. The molecule has 1 atom stereocenters. The van der Waals surface area contributed by atoms with Gasteiger partial charge in [0.05, 0.1) is 26.0 Å². The first-order valence-electron chi connectivity index (χ1n) is 5.92. The maximum Gasteiger partial charge on any atom is 0.122 e. The summed E-state index contributed by atoms with van der Waals surface area (Å²) in [5.74, 6) is 1.00. The normalized spacial score (nSPS) is 22.5. The fourth-order valence-electron chi connectivity index (χ4n) is 2.15. The Labute approximate surface area is 96.4 Å². The van der Waals surface area contributed by atoms with Crippen molar-refractivity contribution in [1.29, 1.82) is 0 Å². The molecule has 16 heavy (non-hydrogen) atoms. The van der Waals surface area contributed by atoms with Gasteiger partial charge in [-0.2, -0.15) is 0 Å². The predicted octanol–water partition coefficient (Wildman–Crippen LogP) is 1.35. The van der Waals surface area contributed by atoms with Crippen LogP contribution in [0.4, 0.5) is 0 Å². The molecule has 0 amide bonds. The number of nitrogens with zero attached hydrogens (tertiary/aromatic N) is 1. The quantitative estimate of drug-likeness (QED) is 0.838. The molecule has 1 fully saturated rings. The zero-order valence-electron chi connectivity index (χ0n) is 9.82. The van der Waals surface area contributed by atoms with E-state index in [2.05, 4.69) is 11.8 Å². The van der Waals surface area contributed by atoms with Crippen molar-refractivity contribution in [3.8, 4) is 0 Å². The number of furan rings is 1. The summed E-state index contributed by atoms with van der Waals surface area (Å²) in [4.78, 5) is 2.42. The number of hydrogen-bond acceptors (Lipinski definition) is 4. The van der Waals surface area contributed by atoms with Gasteiger partial charge in [0.2, 0.25) is 0 Å². The van der Waals surface area contributed by atoms with Crippen LogP contribution >= 0.6 is 0 Å². The molecule has 0 saturated carbocycles. The van der Waals surface area contributed by atoms with E-state index in [9.17, 15) is 0 Å². The van der Waals surface area contributed by atoms with Crippen molar-refractivity contribution in [2.75, 3.05) is 19.8 Å². The summed E-state index contributed by atoms with van der Waals surface area (Å²) < 4.78 is 11.0. The van der Waals surface area contributed by atoms with E-state index in [4.69, 9.17) is 14.9 Å². The first-order chi connectivity index (χ1) is 7.85. The van der Waals surface area contributed by atoms with E-state index in [1.165, 1.54) is 0 Å². The van der Waals surface area contributed by atoms with Crippen molar-refractivity contribution in [3.63, 3.8) is 0 Å². The molecule has 0 radical (unpaired) electrons. The van der Waals surface area contributed by atoms with Gasteiger partial charge in [0.15, 0.2) is 0 Å². The Morgan fingerprint density at radius 3 is 3.19 bits per heavy atom. The Kier molecular flexibility index (Phi) is 3.98. The van der Waals surface area contributed by atoms with E-state index in [1.54, 1.807) is 6.26 Å². The van der Waals surface area contributed by atoms with Crippen molar-refractivity contribution in [3.05, 3.63) is 23.7 Å². The fraction of sp³-hybridized carbons (Fsp3) is 0.667. The number of nitrogens with two attached hydrogens (primary N) is 1. The maximum absolute atomic E-state index is 5.66. The summed E-state index contributed by atoms with van der Waals surface area (Å²) in [5, 5.41) is 0. The molecule has 0 aliphatic carbocycles. The van der Waals surface area contributed by atoms with Gasteiger partial charge in [-0.05, 0) is 12.5 Å². The van der Waals surface area contributed by atoms with Crippen LogP contribution in [0, 0.1) is 0 Å². The Balaban J connectivity index is 2.02. The van der Waals surface area contributed by atoms with E-state index in [0.717, 1.165) is 44.0 Å². The highest BCUT2D eigenvalue weighted by Crippen LogP contribution is 2.17. The largest absolute Gasteiger partial charge is 0.468 e. The minimum Gasteiger partial charge on any atom is -0.468 e. The third-order valence-electron chi connectivity index (χ3n) is 3.23. The highest BCUT2D eigenvalue weighted by molar-refractivity contribution is 5.16. The van der Waals surface area contributed by atoms with Crippen LogP contribution in [0.15, 0.2) is 16.7 Å². The standard InChI is InChI=1S/C12H20N2O2/c1-2-11-9-15-6-4-14(11)8-12-10(7-13)3-5-16-12/h3,5,11H,2,4,6-9,13H2,1H3. The number of hydrogen-bond donors (Lipinski definition) is 1. The van der Waals surface area contributed by atoms with Crippen LogP contribution in [0.3, 0.4) is 0 Å². The third kappa shape index (κ3) is 2.45. The Hall–Kier alpha value is -0.840. The monoisotopic (exact) mass is 224 g/mol. The van der Waals surface area contributed by atoms with E-state index in [1.807, 2.05) is 6.07 Å². The highest BCUT2D eigenvalue weighted by Gasteiger charge is 2.22. The smallest absolute Gasteiger partial charge is 0.122 e. The molecule has 1 aliphatic heterocycles. The molecular weight excluding hydrogens is 204 g/mol. The fourth-order valence-corrected chi connectivity index (χ4v) is 2.15. The molecule has 0 bridgehead atoms. The summed E-state index contributed by atoms with van der Waals surface area (Å²) in [6.45, 7) is 6.21. The zero-order chi connectivity index (χ0) is 11.4. The average molecular weight is 224 g/mol. The summed E-state index contributed by atoms with van der Waals surface area (Å²) in [6, 6.07) is 2.46. The van der Waals surface area contributed by atoms with E-state index >= 15 is 0 Å². The summed E-state index contributed by atoms with van der Waals surface area (Å²) in [6.07, 6.45) is 2.83. The molecule has 2 heterocycles. The molecule has 0 spiro atoms. The molecule has 2 N–H and O–H groups in total. The van der Waals surface area contributed by atoms with Crippen LogP contribution in [0.25, 0.3) is 0 Å². The topological polar surface area (TPSA) is 51.6 Å². The predicted molar refractivity (Wildman–Crippen MR) is 61.9 cm³/mol. The van der Waals surface area contributed by atoms with Gasteiger partial charge in [-0.25, -0.2) is 0 Å². The minimum atomic E-state index is 0.504. The summed E-state index contributed by atoms with van der Waals surface area (Å²) in [5.41, 5.74) is 6.78. The summed E-state index contributed by atoms with van der Waals surface area (Å²) >= 11 is 0. The van der Waals surface area contributed by atoms with Gasteiger partial charge in [0, 0.05) is 24.7 Å². The molecule has 1 aromatic rings. The lowest BCUT2D eigenvalue weighted by Gasteiger charge is -2.34. The molecule has 0 aromatic carbocycles. The molecule has 4 nitrogen and oxygen atoms in total. The van der Waals surface area contributed by atoms with E-state index < -0.39 is 0 Å². The lowest BCUT2D eigenvalue weighted by Crippen LogP contribution is -2.44. The van der Waals surface area contributed by atoms with Crippen molar-refractivity contribution < 1.29 is 9.15 Å². The SMILES string of the molecule is CCC1COCCN1Cc1occc1CN. The van der Waals surface area contributed by atoms with Gasteiger partial charge in [-0.3, -0.25) is 4.90 Å². The third-order valence-corrected chi connectivity index (χ3v) is 3.23. The molecule has 1 aromatic heterocycles. The minimum absolute atomic E-state index is 0.504. The molecule has 1 saturated heterocycles. The highest BCUT2D eigenvalue weighted by atomic mass is 16.5. The Morgan fingerprint density at radius 1 is 1.56 bits per heavy atom. The number of morpholine rings is 1. The van der Waals surface area contributed by atoms with Crippen molar-refractivity contribution in [2.24, 2.45) is 5.73 Å². The molecule has 4 heteroatoms. The van der Waals surface area contributed by atoms with Gasteiger partial charge in [-0.1, -0.05) is 6.92 Å².